The van der Waals surface area contributed by atoms with Crippen LogP contribution < -0.4 is 0 Å². The molecule has 1 unspecified atom stereocenters. The first kappa shape index (κ1) is 14.3. The summed E-state index contributed by atoms with van der Waals surface area (Å²) in [4.78, 5) is 24.1. The standard InChI is InChI=1S/C13H13NO3S/c1-3-17-13(16)12(15)11(8-14)9-4-6-10(18-2)7-5-9/h4-7,11H,3H2,1-2H3. The van der Waals surface area contributed by atoms with E-state index in [1.54, 1.807) is 30.8 Å². The summed E-state index contributed by atoms with van der Waals surface area (Å²) in [5.74, 6) is -2.88. The first-order valence-corrected chi connectivity index (χ1v) is 6.61. The van der Waals surface area contributed by atoms with Crippen LogP contribution in [0, 0.1) is 11.3 Å². The maximum absolute atomic E-state index is 11.7. The number of ketones is 1. The van der Waals surface area contributed by atoms with Crippen molar-refractivity contribution >= 4 is 23.5 Å². The van der Waals surface area contributed by atoms with Gasteiger partial charge in [0.25, 0.3) is 5.78 Å². The topological polar surface area (TPSA) is 67.2 Å². The lowest BCUT2D eigenvalue weighted by Gasteiger charge is -2.08. The number of nitriles is 1. The number of nitrogens with zero attached hydrogens (tertiary/aromatic N) is 1. The first-order valence-electron chi connectivity index (χ1n) is 5.38. The van der Waals surface area contributed by atoms with Crippen LogP contribution in [0.25, 0.3) is 0 Å². The fourth-order valence-electron chi connectivity index (χ4n) is 1.40. The van der Waals surface area contributed by atoms with Gasteiger partial charge in [-0.2, -0.15) is 5.26 Å². The van der Waals surface area contributed by atoms with E-state index in [0.29, 0.717) is 5.56 Å². The summed E-state index contributed by atoms with van der Waals surface area (Å²) < 4.78 is 4.61. The Morgan fingerprint density at radius 2 is 2.00 bits per heavy atom. The highest BCUT2D eigenvalue weighted by molar-refractivity contribution is 7.98. The Labute approximate surface area is 110 Å². The predicted molar refractivity (Wildman–Crippen MR) is 68.2 cm³/mol. The number of carbonyl (C=O) groups excluding carboxylic acids is 2. The minimum atomic E-state index is -1.10. The van der Waals surface area contributed by atoms with Gasteiger partial charge in [-0.25, -0.2) is 4.79 Å². The van der Waals surface area contributed by atoms with Gasteiger partial charge in [-0.15, -0.1) is 11.8 Å². The van der Waals surface area contributed by atoms with Crippen molar-refractivity contribution < 1.29 is 14.3 Å². The lowest BCUT2D eigenvalue weighted by atomic mass is 9.96. The molecular weight excluding hydrogens is 250 g/mol. The van der Waals surface area contributed by atoms with E-state index in [1.807, 2.05) is 24.5 Å². The molecule has 0 aliphatic carbocycles. The number of rotatable bonds is 5. The Hall–Kier alpha value is -1.80. The maximum Gasteiger partial charge on any atom is 0.376 e. The van der Waals surface area contributed by atoms with E-state index in [4.69, 9.17) is 5.26 Å². The molecule has 4 nitrogen and oxygen atoms in total. The number of esters is 1. The number of carbonyl (C=O) groups is 2. The molecule has 1 aromatic carbocycles. The third-order valence-electron chi connectivity index (χ3n) is 2.32. The molecule has 0 heterocycles. The molecule has 0 saturated heterocycles. The smallest absolute Gasteiger partial charge is 0.376 e. The van der Waals surface area contributed by atoms with Crippen LogP contribution in [0.5, 0.6) is 0 Å². The van der Waals surface area contributed by atoms with Gasteiger partial charge >= 0.3 is 5.97 Å². The lowest BCUT2D eigenvalue weighted by Crippen LogP contribution is -2.23. The van der Waals surface area contributed by atoms with Crippen LogP contribution in [-0.4, -0.2) is 24.6 Å². The van der Waals surface area contributed by atoms with E-state index in [1.165, 1.54) is 0 Å². The van der Waals surface area contributed by atoms with E-state index in [0.717, 1.165) is 4.90 Å². The fourth-order valence-corrected chi connectivity index (χ4v) is 1.81. The number of hydrogen-bond donors (Lipinski definition) is 0. The average molecular weight is 263 g/mol. The Kier molecular flexibility index (Phi) is 5.40. The normalized spacial score (nSPS) is 11.4. The first-order chi connectivity index (χ1) is 8.63. The molecule has 18 heavy (non-hydrogen) atoms. The van der Waals surface area contributed by atoms with Crippen molar-refractivity contribution in [1.29, 1.82) is 5.26 Å². The monoisotopic (exact) mass is 263 g/mol. The Bertz CT molecular complexity index is 476. The van der Waals surface area contributed by atoms with Crippen LogP contribution in [0.3, 0.4) is 0 Å². The van der Waals surface area contributed by atoms with Gasteiger partial charge in [0.1, 0.15) is 5.92 Å². The largest absolute Gasteiger partial charge is 0.460 e. The zero-order valence-electron chi connectivity index (χ0n) is 10.2. The van der Waals surface area contributed by atoms with Crippen molar-refractivity contribution in [3.8, 4) is 6.07 Å². The molecule has 1 rings (SSSR count). The number of hydrogen-bond acceptors (Lipinski definition) is 5. The highest BCUT2D eigenvalue weighted by Crippen LogP contribution is 2.21. The van der Waals surface area contributed by atoms with Gasteiger partial charge in [0.15, 0.2) is 0 Å². The van der Waals surface area contributed by atoms with Gasteiger partial charge in [-0.05, 0) is 30.9 Å². The summed E-state index contributed by atoms with van der Waals surface area (Å²) in [5.41, 5.74) is 0.508. The summed E-state index contributed by atoms with van der Waals surface area (Å²) in [6, 6.07) is 8.81. The van der Waals surface area contributed by atoms with Crippen molar-refractivity contribution in [3.05, 3.63) is 29.8 Å². The minimum Gasteiger partial charge on any atom is -0.460 e. The van der Waals surface area contributed by atoms with Crippen molar-refractivity contribution in [2.45, 2.75) is 17.7 Å². The second kappa shape index (κ2) is 6.82. The molecule has 0 fully saturated rings. The summed E-state index contributed by atoms with van der Waals surface area (Å²) in [6.07, 6.45) is 1.93. The molecule has 0 bridgehead atoms. The maximum atomic E-state index is 11.7. The van der Waals surface area contributed by atoms with Crippen LogP contribution in [0.15, 0.2) is 29.2 Å². The van der Waals surface area contributed by atoms with Crippen molar-refractivity contribution in [2.24, 2.45) is 0 Å². The SMILES string of the molecule is CCOC(=O)C(=O)C(C#N)c1ccc(SC)cc1. The molecule has 94 valence electrons. The Morgan fingerprint density at radius 3 is 2.44 bits per heavy atom. The summed E-state index contributed by atoms with van der Waals surface area (Å²) in [5, 5.41) is 9.01. The number of Topliss-reactive ketones (excluding diaryl/α,β-unsaturated/α-hetero) is 1. The van der Waals surface area contributed by atoms with E-state index in [9.17, 15) is 9.59 Å². The zero-order chi connectivity index (χ0) is 13.5. The Balaban J connectivity index is 2.92. The zero-order valence-corrected chi connectivity index (χ0v) is 11.0. The minimum absolute atomic E-state index is 0.119. The van der Waals surface area contributed by atoms with E-state index in [-0.39, 0.29) is 6.61 Å². The van der Waals surface area contributed by atoms with Crippen molar-refractivity contribution in [3.63, 3.8) is 0 Å². The van der Waals surface area contributed by atoms with Gasteiger partial charge in [0.2, 0.25) is 0 Å². The van der Waals surface area contributed by atoms with Gasteiger partial charge < -0.3 is 4.74 Å². The molecule has 0 aliphatic rings. The molecule has 5 heteroatoms. The van der Waals surface area contributed by atoms with Crippen LogP contribution in [-0.2, 0) is 14.3 Å². The fraction of sp³-hybridized carbons (Fsp3) is 0.308. The molecule has 0 aromatic heterocycles. The van der Waals surface area contributed by atoms with Gasteiger partial charge in [-0.3, -0.25) is 4.79 Å². The second-order valence-electron chi connectivity index (χ2n) is 3.42. The van der Waals surface area contributed by atoms with Crippen molar-refractivity contribution in [2.75, 3.05) is 12.9 Å². The molecule has 0 saturated carbocycles. The predicted octanol–water partition coefficient (Wildman–Crippen LogP) is 2.15. The lowest BCUT2D eigenvalue weighted by molar-refractivity contribution is -0.153. The summed E-state index contributed by atoms with van der Waals surface area (Å²) in [6.45, 7) is 1.73. The van der Waals surface area contributed by atoms with Crippen LogP contribution >= 0.6 is 11.8 Å². The molecule has 0 aliphatic heterocycles. The number of benzene rings is 1. The molecule has 0 N–H and O–H groups in total. The third kappa shape index (κ3) is 3.34. The van der Waals surface area contributed by atoms with E-state index < -0.39 is 17.7 Å². The average Bonchev–Trinajstić information content (AvgIpc) is 2.40. The Morgan fingerprint density at radius 1 is 1.39 bits per heavy atom. The number of thioether (sulfide) groups is 1. The van der Waals surface area contributed by atoms with E-state index >= 15 is 0 Å². The van der Waals surface area contributed by atoms with Gasteiger partial charge in [-0.1, -0.05) is 12.1 Å². The molecule has 0 radical (unpaired) electrons. The third-order valence-corrected chi connectivity index (χ3v) is 3.06. The highest BCUT2D eigenvalue weighted by Gasteiger charge is 2.27. The van der Waals surface area contributed by atoms with Gasteiger partial charge in [0.05, 0.1) is 12.7 Å². The van der Waals surface area contributed by atoms with Crippen LogP contribution in [0.1, 0.15) is 18.4 Å². The van der Waals surface area contributed by atoms with Crippen LogP contribution in [0.4, 0.5) is 0 Å². The molecule has 1 aromatic rings. The quantitative estimate of drug-likeness (QED) is 0.462. The second-order valence-corrected chi connectivity index (χ2v) is 4.30. The van der Waals surface area contributed by atoms with Crippen molar-refractivity contribution in [1.82, 2.24) is 0 Å². The van der Waals surface area contributed by atoms with Gasteiger partial charge in [0, 0.05) is 4.90 Å². The molecule has 0 amide bonds. The van der Waals surface area contributed by atoms with E-state index in [2.05, 4.69) is 4.74 Å². The molecular formula is C13H13NO3S. The number of ether oxygens (including phenoxy) is 1. The van der Waals surface area contributed by atoms with Crippen LogP contribution in [0.2, 0.25) is 0 Å². The summed E-state index contributed by atoms with van der Waals surface area (Å²) in [7, 11) is 0. The summed E-state index contributed by atoms with van der Waals surface area (Å²) >= 11 is 1.56. The highest BCUT2D eigenvalue weighted by atomic mass is 32.2. The molecule has 0 spiro atoms. The molecule has 1 atom stereocenters.